The number of amides is 1. The Labute approximate surface area is 329 Å². The highest BCUT2D eigenvalue weighted by atomic mass is 31.2. The van der Waals surface area contributed by atoms with Crippen molar-refractivity contribution in [1.82, 2.24) is 5.32 Å². The van der Waals surface area contributed by atoms with Crippen LogP contribution in [0.4, 0.5) is 0 Å². The number of rotatable bonds is 41. The molecule has 3 N–H and O–H groups in total. The average molecular weight is 774 g/mol. The fourth-order valence-electron chi connectivity index (χ4n) is 6.62. The topological polar surface area (TPSA) is 105 Å². The van der Waals surface area contributed by atoms with E-state index in [1.807, 2.05) is 21.1 Å². The Morgan fingerprint density at radius 3 is 1.51 bits per heavy atom. The van der Waals surface area contributed by atoms with Gasteiger partial charge in [0.25, 0.3) is 0 Å². The van der Waals surface area contributed by atoms with E-state index in [-0.39, 0.29) is 19.1 Å². The third-order valence-electron chi connectivity index (χ3n) is 10.3. The molecule has 8 nitrogen and oxygen atoms in total. The predicted molar refractivity (Wildman–Crippen MR) is 226 cm³/mol. The van der Waals surface area contributed by atoms with Crippen LogP contribution in [-0.4, -0.2) is 73.4 Å². The van der Waals surface area contributed by atoms with Gasteiger partial charge in [0.2, 0.25) is 5.91 Å². The van der Waals surface area contributed by atoms with E-state index in [4.69, 9.17) is 9.05 Å². The van der Waals surface area contributed by atoms with Crippen LogP contribution in [-0.2, 0) is 18.4 Å². The normalized spacial score (nSPS) is 14.5. The van der Waals surface area contributed by atoms with Crippen LogP contribution in [0.3, 0.4) is 0 Å². The fourth-order valence-corrected chi connectivity index (χ4v) is 7.35. The molecule has 0 aromatic rings. The Morgan fingerprint density at radius 1 is 0.623 bits per heavy atom. The highest BCUT2D eigenvalue weighted by molar-refractivity contribution is 7.47. The summed E-state index contributed by atoms with van der Waals surface area (Å²) in [7, 11) is 1.61. The third-order valence-corrected chi connectivity index (χ3v) is 11.2. The maximum absolute atomic E-state index is 12.8. The molecule has 0 aliphatic carbocycles. The number of phosphoric acid groups is 1. The molecule has 9 heteroatoms. The van der Waals surface area contributed by atoms with E-state index >= 15 is 0 Å². The van der Waals surface area contributed by atoms with Crippen LogP contribution in [0.15, 0.2) is 12.2 Å². The van der Waals surface area contributed by atoms with Crippen molar-refractivity contribution < 1.29 is 32.9 Å². The van der Waals surface area contributed by atoms with Gasteiger partial charge in [-0.25, -0.2) is 4.57 Å². The maximum atomic E-state index is 12.8. The number of carbonyl (C=O) groups is 1. The Hall–Kier alpha value is -0.760. The monoisotopic (exact) mass is 774 g/mol. The average Bonchev–Trinajstić information content (AvgIpc) is 3.10. The molecule has 0 bridgehead atoms. The van der Waals surface area contributed by atoms with Crippen molar-refractivity contribution in [2.75, 3.05) is 40.9 Å². The summed E-state index contributed by atoms with van der Waals surface area (Å²) < 4.78 is 23.6. The summed E-state index contributed by atoms with van der Waals surface area (Å²) in [5.74, 6) is -0.154. The summed E-state index contributed by atoms with van der Waals surface area (Å²) in [5.41, 5.74) is 0. The smallest absolute Gasteiger partial charge is 0.391 e. The van der Waals surface area contributed by atoms with Gasteiger partial charge in [-0.3, -0.25) is 13.8 Å². The summed E-state index contributed by atoms with van der Waals surface area (Å²) in [4.78, 5) is 23.1. The molecule has 0 heterocycles. The van der Waals surface area contributed by atoms with Crippen molar-refractivity contribution in [2.24, 2.45) is 0 Å². The Kier molecular flexibility index (Phi) is 36.3. The number of allylic oxidation sites excluding steroid dienone is 2. The fraction of sp³-hybridized carbons (Fsp3) is 0.932. The van der Waals surface area contributed by atoms with Gasteiger partial charge in [-0.2, -0.15) is 0 Å². The van der Waals surface area contributed by atoms with Crippen LogP contribution >= 0.6 is 7.82 Å². The molecule has 0 saturated carbocycles. The molecule has 316 valence electrons. The second kappa shape index (κ2) is 36.9. The van der Waals surface area contributed by atoms with Crippen LogP contribution in [0.1, 0.15) is 213 Å². The highest BCUT2D eigenvalue weighted by Crippen LogP contribution is 2.43. The maximum Gasteiger partial charge on any atom is 0.472 e. The first-order valence-corrected chi connectivity index (χ1v) is 24.0. The number of hydrogen-bond acceptors (Lipinski definition) is 5. The number of nitrogens with one attached hydrogen (secondary N) is 1. The molecule has 0 aliphatic rings. The summed E-state index contributed by atoms with van der Waals surface area (Å²) in [6.07, 6.45) is 41.0. The van der Waals surface area contributed by atoms with Crippen molar-refractivity contribution in [3.8, 4) is 0 Å². The number of aliphatic hydroxyl groups excluding tert-OH is 1. The minimum absolute atomic E-state index is 0.0748. The van der Waals surface area contributed by atoms with Gasteiger partial charge in [-0.1, -0.05) is 187 Å². The van der Waals surface area contributed by atoms with Gasteiger partial charge >= 0.3 is 7.82 Å². The molecule has 0 aromatic heterocycles. The number of carbonyl (C=O) groups excluding carboxylic acids is 1. The van der Waals surface area contributed by atoms with Crippen molar-refractivity contribution in [3.63, 3.8) is 0 Å². The molecule has 53 heavy (non-hydrogen) atoms. The van der Waals surface area contributed by atoms with Crippen molar-refractivity contribution in [3.05, 3.63) is 12.2 Å². The Bertz CT molecular complexity index is 880. The second-order valence-electron chi connectivity index (χ2n) is 16.8. The Balaban J connectivity index is 4.27. The van der Waals surface area contributed by atoms with E-state index < -0.39 is 20.0 Å². The molecule has 3 unspecified atom stereocenters. The zero-order valence-electron chi connectivity index (χ0n) is 35.8. The van der Waals surface area contributed by atoms with E-state index in [2.05, 4.69) is 31.3 Å². The zero-order valence-corrected chi connectivity index (χ0v) is 36.7. The van der Waals surface area contributed by atoms with Gasteiger partial charge in [0.05, 0.1) is 39.9 Å². The number of likely N-dealkylation sites (N-methyl/N-ethyl adjacent to an activating group) is 1. The van der Waals surface area contributed by atoms with Crippen LogP contribution in [0, 0.1) is 0 Å². The molecule has 0 aromatic carbocycles. The van der Waals surface area contributed by atoms with Crippen LogP contribution in [0.2, 0.25) is 0 Å². The molecule has 0 saturated heterocycles. The van der Waals surface area contributed by atoms with Crippen molar-refractivity contribution in [1.29, 1.82) is 0 Å². The second-order valence-corrected chi connectivity index (χ2v) is 18.2. The standard InChI is InChI=1S/C44H89N2O6P/c1-6-8-10-12-14-16-18-19-20-21-22-23-24-25-26-28-29-31-33-35-37-43(47)42(41-52-53(49,50)51-40-39-46(3,4)5)45-44(48)38-36-34-32-30-27-17-15-13-11-9-7-2/h13,15,42-43,47H,6-12,14,16-41H2,1-5H3,(H-,45,48,49,50)/p+1/b15-13-. The molecule has 0 aliphatic heterocycles. The number of hydrogen-bond donors (Lipinski definition) is 3. The number of phosphoric ester groups is 1. The lowest BCUT2D eigenvalue weighted by Crippen LogP contribution is -2.46. The zero-order chi connectivity index (χ0) is 39.3. The first-order chi connectivity index (χ1) is 25.5. The van der Waals surface area contributed by atoms with Gasteiger partial charge in [0.1, 0.15) is 13.2 Å². The molecule has 0 fully saturated rings. The number of quaternary nitrogens is 1. The lowest BCUT2D eigenvalue weighted by atomic mass is 10.0. The molecular weight excluding hydrogens is 683 g/mol. The SMILES string of the molecule is CCCC/C=C\CCCCCCCC(=O)NC(COP(=O)(O)OCC[N+](C)(C)C)C(O)CCCCCCCCCCCCCCCCCCCCCC. The number of nitrogens with zero attached hydrogens (tertiary/aromatic N) is 1. The first-order valence-electron chi connectivity index (χ1n) is 22.6. The van der Waals surface area contributed by atoms with Crippen LogP contribution in [0.25, 0.3) is 0 Å². The lowest BCUT2D eigenvalue weighted by molar-refractivity contribution is -0.870. The summed E-state index contributed by atoms with van der Waals surface area (Å²) >= 11 is 0. The molecule has 0 spiro atoms. The van der Waals surface area contributed by atoms with Crippen molar-refractivity contribution >= 4 is 13.7 Å². The molecular formula is C44H90N2O6P+. The molecule has 3 atom stereocenters. The van der Waals surface area contributed by atoms with Gasteiger partial charge in [0, 0.05) is 6.42 Å². The predicted octanol–water partition coefficient (Wildman–Crippen LogP) is 12.4. The number of aliphatic hydroxyl groups is 1. The summed E-state index contributed by atoms with van der Waals surface area (Å²) in [6.45, 7) is 4.85. The van der Waals surface area contributed by atoms with E-state index in [0.717, 1.165) is 51.4 Å². The molecule has 0 rings (SSSR count). The summed E-state index contributed by atoms with van der Waals surface area (Å²) in [5, 5.41) is 13.9. The Morgan fingerprint density at radius 2 is 1.04 bits per heavy atom. The largest absolute Gasteiger partial charge is 0.472 e. The van der Waals surface area contributed by atoms with Gasteiger partial charge in [-0.05, 0) is 32.1 Å². The van der Waals surface area contributed by atoms with Crippen LogP contribution in [0.5, 0.6) is 0 Å². The minimum atomic E-state index is -4.31. The van der Waals surface area contributed by atoms with Gasteiger partial charge in [0.15, 0.2) is 0 Å². The van der Waals surface area contributed by atoms with Gasteiger partial charge < -0.3 is 19.8 Å². The molecule has 0 radical (unpaired) electrons. The van der Waals surface area contributed by atoms with E-state index in [1.54, 1.807) is 0 Å². The molecule has 1 amide bonds. The first kappa shape index (κ1) is 52.2. The third kappa shape index (κ3) is 39.3. The van der Waals surface area contributed by atoms with Gasteiger partial charge in [-0.15, -0.1) is 0 Å². The lowest BCUT2D eigenvalue weighted by Gasteiger charge is -2.26. The highest BCUT2D eigenvalue weighted by Gasteiger charge is 2.28. The van der Waals surface area contributed by atoms with E-state index in [9.17, 15) is 19.4 Å². The minimum Gasteiger partial charge on any atom is -0.391 e. The van der Waals surface area contributed by atoms with E-state index in [0.29, 0.717) is 23.9 Å². The van der Waals surface area contributed by atoms with Crippen LogP contribution < -0.4 is 5.32 Å². The number of unbranched alkanes of at least 4 members (excludes halogenated alkanes) is 26. The van der Waals surface area contributed by atoms with Crippen molar-refractivity contribution in [2.45, 2.75) is 225 Å². The quantitative estimate of drug-likeness (QED) is 0.0247. The summed E-state index contributed by atoms with van der Waals surface area (Å²) in [6, 6.07) is -0.759. The van der Waals surface area contributed by atoms with E-state index in [1.165, 1.54) is 135 Å².